The van der Waals surface area contributed by atoms with E-state index in [1.165, 1.54) is 18.3 Å². The minimum atomic E-state index is -0.594. The van der Waals surface area contributed by atoms with E-state index in [2.05, 4.69) is 10.1 Å². The second-order valence-corrected chi connectivity index (χ2v) is 3.41. The zero-order valence-corrected chi connectivity index (χ0v) is 8.72. The molecule has 0 unspecified atom stereocenters. The van der Waals surface area contributed by atoms with E-state index in [1.807, 2.05) is 0 Å². The molecule has 0 amide bonds. The van der Waals surface area contributed by atoms with E-state index in [0.29, 0.717) is 5.69 Å². The molecule has 0 radical (unpaired) electrons. The van der Waals surface area contributed by atoms with E-state index in [0.717, 1.165) is 0 Å². The van der Waals surface area contributed by atoms with Gasteiger partial charge in [0.05, 0.1) is 12.1 Å². The van der Waals surface area contributed by atoms with Crippen molar-refractivity contribution in [1.29, 1.82) is 0 Å². The van der Waals surface area contributed by atoms with Crippen LogP contribution in [0.2, 0.25) is 0 Å². The van der Waals surface area contributed by atoms with Crippen molar-refractivity contribution in [3.63, 3.8) is 0 Å². The number of hydrogen-bond donors (Lipinski definition) is 0. The van der Waals surface area contributed by atoms with E-state index in [9.17, 15) is 9.18 Å². The van der Waals surface area contributed by atoms with Crippen LogP contribution in [0.1, 0.15) is 16.2 Å². The first kappa shape index (κ1) is 10.5. The standard InChI is InChI=1S/C11H10FN3O/c1-15-6-4-8(14-15)7-10(16)11-9(12)3-2-5-13-11/h2-6H,7H2,1H3. The Morgan fingerprint density at radius 1 is 1.50 bits per heavy atom. The molecular formula is C11H10FN3O. The Balaban J connectivity index is 2.18. The van der Waals surface area contributed by atoms with Crippen LogP contribution >= 0.6 is 0 Å². The van der Waals surface area contributed by atoms with Crippen molar-refractivity contribution >= 4 is 5.78 Å². The van der Waals surface area contributed by atoms with Gasteiger partial charge in [0.1, 0.15) is 5.69 Å². The summed E-state index contributed by atoms with van der Waals surface area (Å²) >= 11 is 0. The van der Waals surface area contributed by atoms with Crippen molar-refractivity contribution in [2.75, 3.05) is 0 Å². The Morgan fingerprint density at radius 3 is 2.94 bits per heavy atom. The van der Waals surface area contributed by atoms with Crippen molar-refractivity contribution in [3.05, 3.63) is 47.8 Å². The van der Waals surface area contributed by atoms with Crippen LogP contribution in [0.25, 0.3) is 0 Å². The highest BCUT2D eigenvalue weighted by Crippen LogP contribution is 2.07. The Hall–Kier alpha value is -2.04. The third-order valence-electron chi connectivity index (χ3n) is 2.13. The first-order valence-corrected chi connectivity index (χ1v) is 4.79. The summed E-state index contributed by atoms with van der Waals surface area (Å²) in [5, 5.41) is 4.05. The van der Waals surface area contributed by atoms with Gasteiger partial charge in [-0.1, -0.05) is 0 Å². The van der Waals surface area contributed by atoms with Crippen molar-refractivity contribution in [1.82, 2.24) is 14.8 Å². The first-order valence-electron chi connectivity index (χ1n) is 4.79. The van der Waals surface area contributed by atoms with E-state index in [-0.39, 0.29) is 17.9 Å². The van der Waals surface area contributed by atoms with E-state index in [4.69, 9.17) is 0 Å². The minimum absolute atomic E-state index is 0.0643. The first-order chi connectivity index (χ1) is 7.66. The lowest BCUT2D eigenvalue weighted by molar-refractivity contribution is 0.0983. The molecule has 2 rings (SSSR count). The number of pyridine rings is 1. The highest BCUT2D eigenvalue weighted by molar-refractivity contribution is 5.95. The van der Waals surface area contributed by atoms with Gasteiger partial charge in [-0.25, -0.2) is 4.39 Å². The molecule has 5 heteroatoms. The molecule has 2 aromatic rings. The lowest BCUT2D eigenvalue weighted by Gasteiger charge is -1.98. The number of carbonyl (C=O) groups excluding carboxylic acids is 1. The summed E-state index contributed by atoms with van der Waals surface area (Å²) in [6, 6.07) is 4.39. The molecule has 82 valence electrons. The molecule has 0 aliphatic rings. The molecule has 2 heterocycles. The monoisotopic (exact) mass is 219 g/mol. The van der Waals surface area contributed by atoms with E-state index >= 15 is 0 Å². The molecule has 0 fully saturated rings. The summed E-state index contributed by atoms with van der Waals surface area (Å²) in [5.41, 5.74) is 0.478. The van der Waals surface area contributed by atoms with Gasteiger partial charge in [-0.15, -0.1) is 0 Å². The van der Waals surface area contributed by atoms with Crippen LogP contribution in [0.5, 0.6) is 0 Å². The van der Waals surface area contributed by atoms with Gasteiger partial charge < -0.3 is 0 Å². The Kier molecular flexibility index (Phi) is 2.76. The molecule has 4 nitrogen and oxygen atoms in total. The number of hydrogen-bond acceptors (Lipinski definition) is 3. The fourth-order valence-corrected chi connectivity index (χ4v) is 1.40. The maximum absolute atomic E-state index is 13.2. The van der Waals surface area contributed by atoms with Gasteiger partial charge in [-0.3, -0.25) is 14.5 Å². The molecule has 0 atom stereocenters. The maximum atomic E-state index is 13.2. The minimum Gasteiger partial charge on any atom is -0.292 e. The smallest absolute Gasteiger partial charge is 0.190 e. The number of ketones is 1. The maximum Gasteiger partial charge on any atom is 0.190 e. The van der Waals surface area contributed by atoms with Crippen LogP contribution in [-0.4, -0.2) is 20.5 Å². The Morgan fingerprint density at radius 2 is 2.31 bits per heavy atom. The number of aryl methyl sites for hydroxylation is 1. The number of rotatable bonds is 3. The summed E-state index contributed by atoms with van der Waals surface area (Å²) < 4.78 is 14.8. The van der Waals surface area contributed by atoms with Gasteiger partial charge in [0, 0.05) is 19.4 Å². The highest BCUT2D eigenvalue weighted by Gasteiger charge is 2.14. The molecule has 0 aliphatic heterocycles. The lowest BCUT2D eigenvalue weighted by atomic mass is 10.1. The Bertz CT molecular complexity index is 521. The summed E-state index contributed by atoms with van der Waals surface area (Å²) in [7, 11) is 1.76. The Labute approximate surface area is 91.7 Å². The molecule has 0 saturated heterocycles. The lowest BCUT2D eigenvalue weighted by Crippen LogP contribution is -2.09. The molecule has 2 aromatic heterocycles. The van der Waals surface area contributed by atoms with Crippen molar-refractivity contribution in [2.45, 2.75) is 6.42 Å². The average Bonchev–Trinajstić information content (AvgIpc) is 2.64. The molecule has 16 heavy (non-hydrogen) atoms. The fraction of sp³-hybridized carbons (Fsp3) is 0.182. The third kappa shape index (κ3) is 2.13. The fourth-order valence-electron chi connectivity index (χ4n) is 1.40. The second-order valence-electron chi connectivity index (χ2n) is 3.41. The van der Waals surface area contributed by atoms with Crippen LogP contribution in [0.15, 0.2) is 30.6 Å². The molecule has 0 bridgehead atoms. The van der Waals surface area contributed by atoms with Crippen LogP contribution in [0.3, 0.4) is 0 Å². The number of aromatic nitrogens is 3. The van der Waals surface area contributed by atoms with Gasteiger partial charge >= 0.3 is 0 Å². The highest BCUT2D eigenvalue weighted by atomic mass is 19.1. The molecular weight excluding hydrogens is 209 g/mol. The normalized spacial score (nSPS) is 10.4. The zero-order chi connectivity index (χ0) is 11.5. The van der Waals surface area contributed by atoms with E-state index < -0.39 is 5.82 Å². The number of halogens is 1. The summed E-state index contributed by atoms with van der Waals surface area (Å²) in [6.07, 6.45) is 3.20. The van der Waals surface area contributed by atoms with Crippen LogP contribution in [0, 0.1) is 5.82 Å². The summed E-state index contributed by atoms with van der Waals surface area (Å²) in [5.74, 6) is -0.958. The van der Waals surface area contributed by atoms with Crippen LogP contribution < -0.4 is 0 Å². The van der Waals surface area contributed by atoms with Crippen molar-refractivity contribution in [2.24, 2.45) is 7.05 Å². The molecule has 0 aromatic carbocycles. The topological polar surface area (TPSA) is 47.8 Å². The van der Waals surface area contributed by atoms with Gasteiger partial charge in [0.2, 0.25) is 0 Å². The number of Topliss-reactive ketones (excluding diaryl/α,β-unsaturated/α-hetero) is 1. The molecule has 0 aliphatic carbocycles. The molecule has 0 spiro atoms. The largest absolute Gasteiger partial charge is 0.292 e. The summed E-state index contributed by atoms with van der Waals surface area (Å²) in [6.45, 7) is 0. The van der Waals surface area contributed by atoms with Gasteiger partial charge in [-0.2, -0.15) is 5.10 Å². The van der Waals surface area contributed by atoms with Gasteiger partial charge in [0.25, 0.3) is 0 Å². The second kappa shape index (κ2) is 4.22. The zero-order valence-electron chi connectivity index (χ0n) is 8.72. The third-order valence-corrected chi connectivity index (χ3v) is 2.13. The van der Waals surface area contributed by atoms with Gasteiger partial charge in [0.15, 0.2) is 11.6 Å². The molecule has 0 saturated carbocycles. The average molecular weight is 219 g/mol. The van der Waals surface area contributed by atoms with Crippen LogP contribution in [-0.2, 0) is 13.5 Å². The van der Waals surface area contributed by atoms with Crippen molar-refractivity contribution in [3.8, 4) is 0 Å². The van der Waals surface area contributed by atoms with Gasteiger partial charge in [-0.05, 0) is 18.2 Å². The predicted octanol–water partition coefficient (Wildman–Crippen LogP) is 1.38. The number of nitrogens with zero attached hydrogens (tertiary/aromatic N) is 3. The van der Waals surface area contributed by atoms with E-state index in [1.54, 1.807) is 24.0 Å². The summed E-state index contributed by atoms with van der Waals surface area (Å²) in [4.78, 5) is 15.4. The SMILES string of the molecule is Cn1ccc(CC(=O)c2ncccc2F)n1. The quantitative estimate of drug-likeness (QED) is 0.733. The number of carbonyl (C=O) groups is 1. The predicted molar refractivity (Wildman–Crippen MR) is 55.4 cm³/mol. The molecule has 0 N–H and O–H groups in total. The van der Waals surface area contributed by atoms with Crippen LogP contribution in [0.4, 0.5) is 4.39 Å². The van der Waals surface area contributed by atoms with Crippen molar-refractivity contribution < 1.29 is 9.18 Å².